The summed E-state index contributed by atoms with van der Waals surface area (Å²) in [5.41, 5.74) is 0.335. The van der Waals surface area contributed by atoms with Crippen LogP contribution in [0.15, 0.2) is 4.52 Å². The molecule has 1 aromatic rings. The lowest BCUT2D eigenvalue weighted by Gasteiger charge is -2.35. The van der Waals surface area contributed by atoms with E-state index in [-0.39, 0.29) is 30.7 Å². The van der Waals surface area contributed by atoms with E-state index < -0.39 is 0 Å². The summed E-state index contributed by atoms with van der Waals surface area (Å²) in [5.74, 6) is 2.02. The molecule has 2 saturated heterocycles. The van der Waals surface area contributed by atoms with E-state index in [1.807, 2.05) is 0 Å². The third kappa shape index (κ3) is 4.27. The third-order valence-corrected chi connectivity index (χ3v) is 5.71. The van der Waals surface area contributed by atoms with Crippen LogP contribution in [0.4, 0.5) is 0 Å². The SMILES string of the molecule is Cc1nc(CN2CCN(C(=O)C3CC34CCNCC4)CC2)no1.Cl.Cl. The number of amides is 1. The molecule has 0 aromatic carbocycles. The lowest BCUT2D eigenvalue weighted by Crippen LogP contribution is -2.49. The summed E-state index contributed by atoms with van der Waals surface area (Å²) in [7, 11) is 0. The zero-order valence-corrected chi connectivity index (χ0v) is 16.2. The number of nitrogens with zero attached hydrogens (tertiary/aromatic N) is 4. The van der Waals surface area contributed by atoms with Gasteiger partial charge in [-0.05, 0) is 37.8 Å². The van der Waals surface area contributed by atoms with Gasteiger partial charge in [0.2, 0.25) is 11.8 Å². The molecule has 1 amide bonds. The lowest BCUT2D eigenvalue weighted by atomic mass is 9.91. The lowest BCUT2D eigenvalue weighted by molar-refractivity contribution is -0.135. The largest absolute Gasteiger partial charge is 0.340 e. The average molecular weight is 392 g/mol. The number of rotatable bonds is 3. The monoisotopic (exact) mass is 391 g/mol. The number of carbonyl (C=O) groups excluding carboxylic acids is 1. The molecular formula is C16H27Cl2N5O2. The van der Waals surface area contributed by atoms with Crippen molar-refractivity contribution in [1.29, 1.82) is 0 Å². The van der Waals surface area contributed by atoms with E-state index >= 15 is 0 Å². The van der Waals surface area contributed by atoms with Gasteiger partial charge >= 0.3 is 0 Å². The number of halogens is 2. The van der Waals surface area contributed by atoms with Crippen LogP contribution in [0.2, 0.25) is 0 Å². The van der Waals surface area contributed by atoms with Crippen molar-refractivity contribution in [3.05, 3.63) is 11.7 Å². The molecule has 9 heteroatoms. The Morgan fingerprint density at radius 3 is 2.52 bits per heavy atom. The van der Waals surface area contributed by atoms with Gasteiger partial charge in [-0.1, -0.05) is 5.16 Å². The van der Waals surface area contributed by atoms with Crippen LogP contribution in [-0.2, 0) is 11.3 Å². The Labute approximate surface area is 160 Å². The molecule has 3 fully saturated rings. The molecule has 142 valence electrons. The number of hydrogen-bond acceptors (Lipinski definition) is 6. The van der Waals surface area contributed by atoms with Crippen LogP contribution in [0.1, 0.15) is 31.0 Å². The van der Waals surface area contributed by atoms with Crippen molar-refractivity contribution >= 4 is 30.7 Å². The van der Waals surface area contributed by atoms with E-state index in [9.17, 15) is 4.79 Å². The van der Waals surface area contributed by atoms with E-state index in [4.69, 9.17) is 4.52 Å². The minimum atomic E-state index is 0. The van der Waals surface area contributed by atoms with Gasteiger partial charge in [0, 0.05) is 39.0 Å². The first-order valence-electron chi connectivity index (χ1n) is 8.67. The molecule has 1 aliphatic carbocycles. The number of carbonyl (C=O) groups is 1. The molecule has 1 N–H and O–H groups in total. The summed E-state index contributed by atoms with van der Waals surface area (Å²) >= 11 is 0. The predicted octanol–water partition coefficient (Wildman–Crippen LogP) is 1.26. The molecule has 1 spiro atoms. The van der Waals surface area contributed by atoms with E-state index in [0.29, 0.717) is 23.8 Å². The number of aryl methyl sites for hydroxylation is 1. The van der Waals surface area contributed by atoms with Crippen LogP contribution in [0.25, 0.3) is 0 Å². The van der Waals surface area contributed by atoms with Crippen LogP contribution in [0.3, 0.4) is 0 Å². The molecule has 3 heterocycles. The fraction of sp³-hybridized carbons (Fsp3) is 0.812. The second-order valence-electron chi connectivity index (χ2n) is 7.20. The van der Waals surface area contributed by atoms with Crippen molar-refractivity contribution in [2.75, 3.05) is 39.3 Å². The van der Waals surface area contributed by atoms with Crippen LogP contribution in [0.5, 0.6) is 0 Å². The predicted molar refractivity (Wildman–Crippen MR) is 98.0 cm³/mol. The fourth-order valence-corrected chi connectivity index (χ4v) is 4.13. The highest BCUT2D eigenvalue weighted by Crippen LogP contribution is 2.59. The summed E-state index contributed by atoms with van der Waals surface area (Å²) in [5, 5.41) is 7.34. The van der Waals surface area contributed by atoms with Crippen molar-refractivity contribution in [3.63, 3.8) is 0 Å². The highest BCUT2D eigenvalue weighted by Gasteiger charge is 2.58. The van der Waals surface area contributed by atoms with E-state index in [1.54, 1.807) is 6.92 Å². The van der Waals surface area contributed by atoms with Crippen LogP contribution < -0.4 is 5.32 Å². The number of aromatic nitrogens is 2. The molecule has 25 heavy (non-hydrogen) atoms. The topological polar surface area (TPSA) is 74.5 Å². The molecule has 1 unspecified atom stereocenters. The Hall–Kier alpha value is -0.890. The minimum absolute atomic E-state index is 0. The van der Waals surface area contributed by atoms with Gasteiger partial charge in [-0.15, -0.1) is 24.8 Å². The second kappa shape index (κ2) is 8.20. The minimum Gasteiger partial charge on any atom is -0.340 e. The Balaban J connectivity index is 0.00000113. The maximum absolute atomic E-state index is 12.7. The standard InChI is InChI=1S/C16H25N5O2.2ClH/c1-12-18-14(19-23-12)11-20-6-8-21(9-7-20)15(22)13-10-16(13)2-4-17-5-3-16;;/h13,17H,2-11H2,1H3;2*1H. The van der Waals surface area contributed by atoms with Crippen molar-refractivity contribution in [1.82, 2.24) is 25.3 Å². The molecule has 2 aliphatic heterocycles. The maximum Gasteiger partial charge on any atom is 0.226 e. The molecule has 1 atom stereocenters. The Morgan fingerprint density at radius 1 is 1.24 bits per heavy atom. The average Bonchev–Trinajstić information content (AvgIpc) is 3.09. The number of hydrogen-bond donors (Lipinski definition) is 1. The van der Waals surface area contributed by atoms with E-state index in [1.165, 1.54) is 12.8 Å². The summed E-state index contributed by atoms with van der Waals surface area (Å²) in [4.78, 5) is 21.4. The van der Waals surface area contributed by atoms with Gasteiger partial charge in [-0.3, -0.25) is 9.69 Å². The van der Waals surface area contributed by atoms with Crippen molar-refractivity contribution in [2.24, 2.45) is 11.3 Å². The van der Waals surface area contributed by atoms with Crippen LogP contribution >= 0.6 is 24.8 Å². The van der Waals surface area contributed by atoms with Gasteiger partial charge in [0.25, 0.3) is 0 Å². The summed E-state index contributed by atoms with van der Waals surface area (Å²) in [6.07, 6.45) is 3.44. The van der Waals surface area contributed by atoms with Crippen molar-refractivity contribution < 1.29 is 9.32 Å². The molecule has 1 saturated carbocycles. The van der Waals surface area contributed by atoms with Gasteiger partial charge < -0.3 is 14.7 Å². The number of nitrogens with one attached hydrogen (secondary N) is 1. The number of piperazine rings is 1. The van der Waals surface area contributed by atoms with Gasteiger partial charge in [0.15, 0.2) is 5.82 Å². The first-order valence-corrected chi connectivity index (χ1v) is 8.67. The highest BCUT2D eigenvalue weighted by molar-refractivity contribution is 5.85. The number of piperidine rings is 1. The third-order valence-electron chi connectivity index (χ3n) is 5.71. The second-order valence-corrected chi connectivity index (χ2v) is 7.20. The molecular weight excluding hydrogens is 365 g/mol. The molecule has 1 aromatic heterocycles. The normalized spacial score (nSPS) is 25.2. The molecule has 3 aliphatic rings. The zero-order chi connectivity index (χ0) is 15.9. The molecule has 0 radical (unpaired) electrons. The van der Waals surface area contributed by atoms with E-state index in [2.05, 4.69) is 25.3 Å². The van der Waals surface area contributed by atoms with Crippen molar-refractivity contribution in [3.8, 4) is 0 Å². The quantitative estimate of drug-likeness (QED) is 0.835. The van der Waals surface area contributed by atoms with Crippen molar-refractivity contribution in [2.45, 2.75) is 32.7 Å². The summed E-state index contributed by atoms with van der Waals surface area (Å²) < 4.78 is 5.01. The highest BCUT2D eigenvalue weighted by atomic mass is 35.5. The molecule has 4 rings (SSSR count). The van der Waals surface area contributed by atoms with Crippen LogP contribution in [-0.4, -0.2) is 65.1 Å². The van der Waals surface area contributed by atoms with Gasteiger partial charge in [-0.25, -0.2) is 0 Å². The van der Waals surface area contributed by atoms with Gasteiger partial charge in [0.1, 0.15) is 0 Å². The summed E-state index contributed by atoms with van der Waals surface area (Å²) in [6, 6.07) is 0. The fourth-order valence-electron chi connectivity index (χ4n) is 4.13. The molecule has 0 bridgehead atoms. The maximum atomic E-state index is 12.7. The Kier molecular flexibility index (Phi) is 6.70. The Bertz CT molecular complexity index is 583. The van der Waals surface area contributed by atoms with Gasteiger partial charge in [-0.2, -0.15) is 4.98 Å². The van der Waals surface area contributed by atoms with Gasteiger partial charge in [0.05, 0.1) is 6.54 Å². The Morgan fingerprint density at radius 2 is 1.92 bits per heavy atom. The van der Waals surface area contributed by atoms with E-state index in [0.717, 1.165) is 51.5 Å². The first-order chi connectivity index (χ1) is 11.2. The van der Waals surface area contributed by atoms with Crippen LogP contribution in [0, 0.1) is 18.3 Å². The summed E-state index contributed by atoms with van der Waals surface area (Å²) in [6.45, 7) is 8.07. The molecule has 7 nitrogen and oxygen atoms in total. The zero-order valence-electron chi connectivity index (χ0n) is 14.6. The smallest absolute Gasteiger partial charge is 0.226 e. The first kappa shape index (κ1) is 20.4.